The van der Waals surface area contributed by atoms with E-state index in [1.165, 1.54) is 40.6 Å². The summed E-state index contributed by atoms with van der Waals surface area (Å²) in [4.78, 5) is 17.3. The predicted molar refractivity (Wildman–Crippen MR) is 88.2 cm³/mol. The highest BCUT2D eigenvalue weighted by atomic mass is 32.2. The first-order valence-electron chi connectivity index (χ1n) is 6.94. The average Bonchev–Trinajstić information content (AvgIpc) is 2.56. The zero-order chi connectivity index (χ0) is 16.4. The molecule has 0 fully saturated rings. The van der Waals surface area contributed by atoms with Gasteiger partial charge >= 0.3 is 0 Å². The van der Waals surface area contributed by atoms with Crippen molar-refractivity contribution in [3.8, 4) is 11.8 Å². The standard InChI is InChI=1S/C17H12FN3OS/c1-11(10-19)23-17-20-15-5-3-2-4-14(15)16(22)21(17)13-8-6-12(18)7-9-13/h2-9,11H,1H3. The van der Waals surface area contributed by atoms with Gasteiger partial charge in [0.05, 0.1) is 27.9 Å². The van der Waals surface area contributed by atoms with Crippen molar-refractivity contribution in [2.24, 2.45) is 0 Å². The molecule has 3 rings (SSSR count). The van der Waals surface area contributed by atoms with Crippen molar-refractivity contribution in [1.82, 2.24) is 9.55 Å². The molecule has 0 saturated heterocycles. The Morgan fingerprint density at radius 1 is 1.22 bits per heavy atom. The van der Waals surface area contributed by atoms with Gasteiger partial charge in [-0.3, -0.25) is 9.36 Å². The van der Waals surface area contributed by atoms with Gasteiger partial charge < -0.3 is 0 Å². The summed E-state index contributed by atoms with van der Waals surface area (Å²) in [5, 5.41) is 9.56. The lowest BCUT2D eigenvalue weighted by atomic mass is 10.2. The second-order valence-corrected chi connectivity index (χ2v) is 6.23. The molecule has 0 amide bonds. The van der Waals surface area contributed by atoms with Crippen LogP contribution >= 0.6 is 11.8 Å². The highest BCUT2D eigenvalue weighted by molar-refractivity contribution is 8.00. The molecule has 0 saturated carbocycles. The molecule has 2 aromatic carbocycles. The second kappa shape index (κ2) is 6.23. The number of hydrogen-bond donors (Lipinski definition) is 0. The van der Waals surface area contributed by atoms with Gasteiger partial charge in [-0.25, -0.2) is 9.37 Å². The molecule has 0 spiro atoms. The summed E-state index contributed by atoms with van der Waals surface area (Å²) >= 11 is 1.20. The maximum Gasteiger partial charge on any atom is 0.266 e. The SMILES string of the molecule is CC(C#N)Sc1nc2ccccc2c(=O)n1-c1ccc(F)cc1. The van der Waals surface area contributed by atoms with E-state index < -0.39 is 0 Å². The van der Waals surface area contributed by atoms with E-state index in [1.807, 2.05) is 0 Å². The van der Waals surface area contributed by atoms with E-state index in [2.05, 4.69) is 11.1 Å². The van der Waals surface area contributed by atoms with Crippen LogP contribution in [0.5, 0.6) is 0 Å². The van der Waals surface area contributed by atoms with Crippen molar-refractivity contribution >= 4 is 22.7 Å². The number of aromatic nitrogens is 2. The molecular formula is C17H12FN3OS. The van der Waals surface area contributed by atoms with E-state index in [0.717, 1.165) is 0 Å². The van der Waals surface area contributed by atoms with Crippen LogP contribution in [0.4, 0.5) is 4.39 Å². The zero-order valence-electron chi connectivity index (χ0n) is 12.2. The fraction of sp³-hybridized carbons (Fsp3) is 0.118. The van der Waals surface area contributed by atoms with Gasteiger partial charge in [0.15, 0.2) is 5.16 Å². The van der Waals surface area contributed by atoms with Crippen molar-refractivity contribution in [1.29, 1.82) is 5.26 Å². The van der Waals surface area contributed by atoms with Crippen LogP contribution < -0.4 is 5.56 Å². The molecule has 3 aromatic rings. The maximum atomic E-state index is 13.2. The fourth-order valence-electron chi connectivity index (χ4n) is 2.19. The summed E-state index contributed by atoms with van der Waals surface area (Å²) in [7, 11) is 0. The molecule has 114 valence electrons. The largest absolute Gasteiger partial charge is 0.268 e. The van der Waals surface area contributed by atoms with Crippen LogP contribution in [0.1, 0.15) is 6.92 Å². The normalized spacial score (nSPS) is 12.0. The summed E-state index contributed by atoms with van der Waals surface area (Å²) in [6, 6.07) is 14.8. The molecule has 1 atom stereocenters. The smallest absolute Gasteiger partial charge is 0.266 e. The molecule has 0 N–H and O–H groups in total. The maximum absolute atomic E-state index is 13.2. The van der Waals surface area contributed by atoms with E-state index in [9.17, 15) is 9.18 Å². The molecular weight excluding hydrogens is 313 g/mol. The molecule has 6 heteroatoms. The Hall–Kier alpha value is -2.65. The first-order chi connectivity index (χ1) is 11.1. The van der Waals surface area contributed by atoms with Gasteiger partial charge in [-0.15, -0.1) is 0 Å². The van der Waals surface area contributed by atoms with Crippen LogP contribution in [0.2, 0.25) is 0 Å². The minimum absolute atomic E-state index is 0.241. The Bertz CT molecular complexity index is 960. The molecule has 1 aromatic heterocycles. The Morgan fingerprint density at radius 2 is 1.91 bits per heavy atom. The third-order valence-corrected chi connectivity index (χ3v) is 4.24. The first kappa shape index (κ1) is 15.3. The Labute approximate surface area is 136 Å². The van der Waals surface area contributed by atoms with Crippen molar-refractivity contribution in [3.05, 3.63) is 64.7 Å². The van der Waals surface area contributed by atoms with Crippen LogP contribution in [0.25, 0.3) is 16.6 Å². The Kier molecular flexibility index (Phi) is 4.13. The number of nitrogens with zero attached hydrogens (tertiary/aromatic N) is 3. The van der Waals surface area contributed by atoms with Crippen LogP contribution in [0.3, 0.4) is 0 Å². The number of fused-ring (bicyclic) bond motifs is 1. The second-order valence-electron chi connectivity index (χ2n) is 4.92. The van der Waals surface area contributed by atoms with E-state index in [4.69, 9.17) is 5.26 Å². The lowest BCUT2D eigenvalue weighted by Crippen LogP contribution is -2.22. The van der Waals surface area contributed by atoms with Gasteiger partial charge in [0.25, 0.3) is 5.56 Å². The summed E-state index contributed by atoms with van der Waals surface area (Å²) in [6.07, 6.45) is 0. The highest BCUT2D eigenvalue weighted by Crippen LogP contribution is 2.24. The number of benzene rings is 2. The topological polar surface area (TPSA) is 58.7 Å². The third kappa shape index (κ3) is 2.96. The predicted octanol–water partition coefficient (Wildman–Crippen LogP) is 3.53. The molecule has 0 aliphatic heterocycles. The fourth-order valence-corrected chi connectivity index (χ4v) is 3.01. The van der Waals surface area contributed by atoms with E-state index in [1.54, 1.807) is 31.2 Å². The molecule has 4 nitrogen and oxygen atoms in total. The number of hydrogen-bond acceptors (Lipinski definition) is 4. The van der Waals surface area contributed by atoms with E-state index in [-0.39, 0.29) is 16.6 Å². The van der Waals surface area contributed by atoms with E-state index in [0.29, 0.717) is 21.7 Å². The minimum Gasteiger partial charge on any atom is -0.268 e. The summed E-state index contributed by atoms with van der Waals surface area (Å²) in [6.45, 7) is 1.74. The number of halogens is 1. The Balaban J connectivity index is 2.30. The van der Waals surface area contributed by atoms with Gasteiger partial charge in [-0.1, -0.05) is 23.9 Å². The quantitative estimate of drug-likeness (QED) is 0.546. The van der Waals surface area contributed by atoms with Crippen LogP contribution in [-0.2, 0) is 0 Å². The molecule has 0 radical (unpaired) electrons. The van der Waals surface area contributed by atoms with Crippen molar-refractivity contribution < 1.29 is 4.39 Å². The van der Waals surface area contributed by atoms with Gasteiger partial charge in [0, 0.05) is 0 Å². The van der Waals surface area contributed by atoms with Crippen molar-refractivity contribution in [3.63, 3.8) is 0 Å². The van der Waals surface area contributed by atoms with Crippen LogP contribution in [0.15, 0.2) is 58.5 Å². The molecule has 23 heavy (non-hydrogen) atoms. The zero-order valence-corrected chi connectivity index (χ0v) is 13.0. The van der Waals surface area contributed by atoms with Crippen LogP contribution in [0, 0.1) is 17.1 Å². The Morgan fingerprint density at radius 3 is 2.61 bits per heavy atom. The monoisotopic (exact) mass is 325 g/mol. The van der Waals surface area contributed by atoms with Gasteiger partial charge in [-0.05, 0) is 43.3 Å². The average molecular weight is 325 g/mol. The van der Waals surface area contributed by atoms with Crippen molar-refractivity contribution in [2.75, 3.05) is 0 Å². The summed E-state index contributed by atoms with van der Waals surface area (Å²) in [5.41, 5.74) is 0.848. The molecule has 1 unspecified atom stereocenters. The minimum atomic E-state index is -0.379. The number of nitriles is 1. The van der Waals surface area contributed by atoms with E-state index >= 15 is 0 Å². The summed E-state index contributed by atoms with van der Waals surface area (Å²) in [5.74, 6) is -0.379. The van der Waals surface area contributed by atoms with Gasteiger partial charge in [0.1, 0.15) is 5.82 Å². The van der Waals surface area contributed by atoms with Crippen LogP contribution in [-0.4, -0.2) is 14.8 Å². The molecule has 1 heterocycles. The number of para-hydroxylation sites is 1. The first-order valence-corrected chi connectivity index (χ1v) is 7.82. The highest BCUT2D eigenvalue weighted by Gasteiger charge is 2.15. The van der Waals surface area contributed by atoms with Crippen molar-refractivity contribution in [2.45, 2.75) is 17.3 Å². The third-order valence-electron chi connectivity index (χ3n) is 3.29. The van der Waals surface area contributed by atoms with Gasteiger partial charge in [0.2, 0.25) is 0 Å². The lowest BCUT2D eigenvalue weighted by molar-refractivity contribution is 0.627. The molecule has 0 aliphatic carbocycles. The van der Waals surface area contributed by atoms with Gasteiger partial charge in [-0.2, -0.15) is 5.26 Å². The lowest BCUT2D eigenvalue weighted by Gasteiger charge is -2.13. The number of thioether (sulfide) groups is 1. The molecule has 0 aliphatic rings. The summed E-state index contributed by atoms with van der Waals surface area (Å²) < 4.78 is 14.6. The molecule has 0 bridgehead atoms. The number of rotatable bonds is 3.